The molecule has 0 saturated carbocycles. The standard InChI is InChI=1S/C13H16N2O3S/c1-2-18-11-6-4-3-5-10(11)14-12(16)7-15-9-19-8-13(15)17/h3-6H,2,7-9H2,1H3,(H,14,16). The van der Waals surface area contributed by atoms with Crippen LogP contribution in [-0.2, 0) is 9.59 Å². The lowest BCUT2D eigenvalue weighted by Gasteiger charge is -2.15. The van der Waals surface area contributed by atoms with E-state index in [9.17, 15) is 9.59 Å². The zero-order valence-corrected chi connectivity index (χ0v) is 11.5. The van der Waals surface area contributed by atoms with E-state index >= 15 is 0 Å². The number of hydrogen-bond acceptors (Lipinski definition) is 4. The number of nitrogens with zero attached hydrogens (tertiary/aromatic N) is 1. The topological polar surface area (TPSA) is 58.6 Å². The van der Waals surface area contributed by atoms with E-state index in [1.165, 1.54) is 11.8 Å². The van der Waals surface area contributed by atoms with Gasteiger partial charge in [-0.3, -0.25) is 9.59 Å². The first-order valence-electron chi connectivity index (χ1n) is 6.08. The first-order valence-corrected chi connectivity index (χ1v) is 7.23. The monoisotopic (exact) mass is 280 g/mol. The largest absolute Gasteiger partial charge is 0.492 e. The first-order chi connectivity index (χ1) is 9.20. The van der Waals surface area contributed by atoms with Crippen molar-refractivity contribution < 1.29 is 14.3 Å². The molecule has 5 nitrogen and oxygen atoms in total. The minimum atomic E-state index is -0.206. The molecule has 1 N–H and O–H groups in total. The van der Waals surface area contributed by atoms with Gasteiger partial charge >= 0.3 is 0 Å². The van der Waals surface area contributed by atoms with Gasteiger partial charge in [0.1, 0.15) is 12.3 Å². The molecule has 1 fully saturated rings. The fourth-order valence-electron chi connectivity index (χ4n) is 1.75. The van der Waals surface area contributed by atoms with Crippen LogP contribution in [0.1, 0.15) is 6.92 Å². The van der Waals surface area contributed by atoms with Crippen molar-refractivity contribution in [1.82, 2.24) is 4.90 Å². The number of carbonyl (C=O) groups is 2. The number of hydrogen-bond donors (Lipinski definition) is 1. The molecule has 0 aliphatic carbocycles. The summed E-state index contributed by atoms with van der Waals surface area (Å²) in [5.41, 5.74) is 0.633. The Morgan fingerprint density at radius 3 is 2.95 bits per heavy atom. The van der Waals surface area contributed by atoms with Crippen LogP contribution in [0, 0.1) is 0 Å². The van der Waals surface area contributed by atoms with Crippen molar-refractivity contribution in [2.45, 2.75) is 6.92 Å². The lowest BCUT2D eigenvalue weighted by Crippen LogP contribution is -2.34. The predicted octanol–water partition coefficient (Wildman–Crippen LogP) is 1.56. The third-order valence-corrected chi connectivity index (χ3v) is 3.57. The van der Waals surface area contributed by atoms with Gasteiger partial charge in [-0.2, -0.15) is 0 Å². The fourth-order valence-corrected chi connectivity index (χ4v) is 2.66. The third kappa shape index (κ3) is 3.64. The molecule has 1 aliphatic rings. The molecule has 1 aliphatic heterocycles. The average Bonchev–Trinajstić information content (AvgIpc) is 2.78. The summed E-state index contributed by atoms with van der Waals surface area (Å²) in [5, 5.41) is 2.78. The van der Waals surface area contributed by atoms with Gasteiger partial charge in [0.05, 0.1) is 23.9 Å². The number of para-hydroxylation sites is 2. The van der Waals surface area contributed by atoms with E-state index in [4.69, 9.17) is 4.74 Å². The van der Waals surface area contributed by atoms with Crippen LogP contribution in [0.15, 0.2) is 24.3 Å². The van der Waals surface area contributed by atoms with E-state index in [-0.39, 0.29) is 18.4 Å². The molecule has 2 amide bonds. The minimum absolute atomic E-state index is 0.0123. The van der Waals surface area contributed by atoms with Gasteiger partial charge in [-0.15, -0.1) is 11.8 Å². The average molecular weight is 280 g/mol. The van der Waals surface area contributed by atoms with E-state index in [0.29, 0.717) is 29.7 Å². The lowest BCUT2D eigenvalue weighted by atomic mass is 10.3. The molecule has 1 aromatic rings. The summed E-state index contributed by atoms with van der Waals surface area (Å²) in [7, 11) is 0. The molecule has 0 spiro atoms. The quantitative estimate of drug-likeness (QED) is 0.889. The maximum Gasteiger partial charge on any atom is 0.244 e. The van der Waals surface area contributed by atoms with Gasteiger partial charge in [0.15, 0.2) is 0 Å². The van der Waals surface area contributed by atoms with Crippen molar-refractivity contribution in [3.63, 3.8) is 0 Å². The SMILES string of the molecule is CCOc1ccccc1NC(=O)CN1CSCC1=O. The van der Waals surface area contributed by atoms with E-state index < -0.39 is 0 Å². The molecule has 1 aromatic carbocycles. The second-order valence-corrected chi connectivity index (χ2v) is 5.00. The molecule has 1 saturated heterocycles. The van der Waals surface area contributed by atoms with Gasteiger partial charge in [0, 0.05) is 0 Å². The molecule has 0 aromatic heterocycles. The molecule has 1 heterocycles. The Morgan fingerprint density at radius 1 is 1.47 bits per heavy atom. The maximum absolute atomic E-state index is 11.9. The summed E-state index contributed by atoms with van der Waals surface area (Å²) in [5.74, 6) is 1.49. The minimum Gasteiger partial charge on any atom is -0.492 e. The highest BCUT2D eigenvalue weighted by molar-refractivity contribution is 8.00. The molecule has 19 heavy (non-hydrogen) atoms. The van der Waals surface area contributed by atoms with E-state index in [2.05, 4.69) is 5.32 Å². The number of amides is 2. The molecule has 2 rings (SSSR count). The van der Waals surface area contributed by atoms with Crippen LogP contribution >= 0.6 is 11.8 Å². The van der Waals surface area contributed by atoms with Gasteiger partial charge < -0.3 is 15.0 Å². The van der Waals surface area contributed by atoms with Crippen molar-refractivity contribution in [1.29, 1.82) is 0 Å². The van der Waals surface area contributed by atoms with Crippen LogP contribution in [0.5, 0.6) is 5.75 Å². The Morgan fingerprint density at radius 2 is 2.26 bits per heavy atom. The van der Waals surface area contributed by atoms with Crippen LogP contribution in [0.3, 0.4) is 0 Å². The molecular weight excluding hydrogens is 264 g/mol. The van der Waals surface area contributed by atoms with Crippen LogP contribution < -0.4 is 10.1 Å². The Kier molecular flexibility index (Phi) is 4.68. The van der Waals surface area contributed by atoms with Crippen molar-refractivity contribution in [3.8, 4) is 5.75 Å². The number of rotatable bonds is 5. The molecular formula is C13H16N2O3S. The summed E-state index contributed by atoms with van der Waals surface area (Å²) in [6.45, 7) is 2.51. The summed E-state index contributed by atoms with van der Waals surface area (Å²) in [4.78, 5) is 24.9. The normalized spacial score (nSPS) is 14.6. The maximum atomic E-state index is 11.9. The second kappa shape index (κ2) is 6.47. The van der Waals surface area contributed by atoms with Crippen LogP contribution in [0.25, 0.3) is 0 Å². The third-order valence-electron chi connectivity index (χ3n) is 2.62. The van der Waals surface area contributed by atoms with Crippen molar-refractivity contribution >= 4 is 29.3 Å². The molecule has 102 valence electrons. The van der Waals surface area contributed by atoms with Crippen LogP contribution in [0.2, 0.25) is 0 Å². The number of ether oxygens (including phenoxy) is 1. The van der Waals surface area contributed by atoms with E-state index in [0.717, 1.165) is 0 Å². The Balaban J connectivity index is 1.96. The molecule has 0 bridgehead atoms. The summed E-state index contributed by atoms with van der Waals surface area (Å²) >= 11 is 1.52. The Labute approximate surface area is 116 Å². The second-order valence-electron chi connectivity index (χ2n) is 4.05. The van der Waals surface area contributed by atoms with Crippen LogP contribution in [0.4, 0.5) is 5.69 Å². The zero-order valence-electron chi connectivity index (χ0n) is 10.7. The van der Waals surface area contributed by atoms with Crippen molar-refractivity contribution in [3.05, 3.63) is 24.3 Å². The summed E-state index contributed by atoms with van der Waals surface area (Å²) in [6.07, 6.45) is 0. The van der Waals surface area contributed by atoms with Crippen LogP contribution in [-0.4, -0.2) is 41.5 Å². The van der Waals surface area contributed by atoms with Gasteiger partial charge in [-0.05, 0) is 19.1 Å². The highest BCUT2D eigenvalue weighted by atomic mass is 32.2. The summed E-state index contributed by atoms with van der Waals surface area (Å²) < 4.78 is 5.43. The lowest BCUT2D eigenvalue weighted by molar-refractivity contribution is -0.130. The summed E-state index contributed by atoms with van der Waals surface area (Å²) in [6, 6.07) is 7.26. The zero-order chi connectivity index (χ0) is 13.7. The van der Waals surface area contributed by atoms with Crippen molar-refractivity contribution in [2.24, 2.45) is 0 Å². The Bertz CT molecular complexity index is 479. The number of nitrogens with one attached hydrogen (secondary N) is 1. The van der Waals surface area contributed by atoms with Gasteiger partial charge in [0.2, 0.25) is 11.8 Å². The Hall–Kier alpha value is -1.69. The first kappa shape index (κ1) is 13.7. The number of thioether (sulfide) groups is 1. The van der Waals surface area contributed by atoms with E-state index in [1.54, 1.807) is 17.0 Å². The number of benzene rings is 1. The number of carbonyl (C=O) groups excluding carboxylic acids is 2. The number of anilines is 1. The molecule has 0 atom stereocenters. The van der Waals surface area contributed by atoms with Crippen molar-refractivity contribution in [2.75, 3.05) is 30.1 Å². The van der Waals surface area contributed by atoms with Gasteiger partial charge in [0.25, 0.3) is 0 Å². The highest BCUT2D eigenvalue weighted by Gasteiger charge is 2.23. The predicted molar refractivity (Wildman–Crippen MR) is 75.3 cm³/mol. The smallest absolute Gasteiger partial charge is 0.244 e. The van der Waals surface area contributed by atoms with E-state index in [1.807, 2.05) is 19.1 Å². The molecule has 0 unspecified atom stereocenters. The highest BCUT2D eigenvalue weighted by Crippen LogP contribution is 2.23. The molecule has 6 heteroatoms. The van der Waals surface area contributed by atoms with Gasteiger partial charge in [-0.25, -0.2) is 0 Å². The van der Waals surface area contributed by atoms with Gasteiger partial charge in [-0.1, -0.05) is 12.1 Å². The fraction of sp³-hybridized carbons (Fsp3) is 0.385. The molecule has 0 radical (unpaired) electrons.